The van der Waals surface area contributed by atoms with Crippen molar-refractivity contribution >= 4 is 23.5 Å². The SMILES string of the molecule is O=C(O)COCCCc1ccc(Cl)c(-c2cccc3c2CCC3OCC(=O)O)c1. The Kier molecular flexibility index (Phi) is 7.25. The molecule has 2 aromatic rings. The standard InChI is InChI=1S/C22H23ClO6/c23-19-8-6-14(3-2-10-28-12-21(24)25)11-18(19)15-4-1-5-17-16(15)7-9-20(17)29-13-22(26)27/h1,4-6,8,11,20H,2-3,7,9-10,12-13H2,(H,24,25)(H,26,27). The van der Waals surface area contributed by atoms with Crippen LogP contribution in [0, 0.1) is 0 Å². The number of benzene rings is 2. The maximum Gasteiger partial charge on any atom is 0.329 e. The fourth-order valence-electron chi connectivity index (χ4n) is 3.69. The van der Waals surface area contributed by atoms with Crippen LogP contribution in [0.3, 0.4) is 0 Å². The zero-order chi connectivity index (χ0) is 20.8. The van der Waals surface area contributed by atoms with E-state index >= 15 is 0 Å². The van der Waals surface area contributed by atoms with Crippen LogP contribution < -0.4 is 0 Å². The van der Waals surface area contributed by atoms with Gasteiger partial charge in [-0.25, -0.2) is 9.59 Å². The van der Waals surface area contributed by atoms with Crippen LogP contribution in [-0.4, -0.2) is 42.0 Å². The fraction of sp³-hybridized carbons (Fsp3) is 0.364. The van der Waals surface area contributed by atoms with E-state index in [1.165, 1.54) is 0 Å². The van der Waals surface area contributed by atoms with Gasteiger partial charge in [-0.05, 0) is 60.1 Å². The molecule has 0 aromatic heterocycles. The van der Waals surface area contributed by atoms with Crippen LogP contribution in [0.25, 0.3) is 11.1 Å². The van der Waals surface area contributed by atoms with Crippen LogP contribution in [0.1, 0.15) is 35.6 Å². The largest absolute Gasteiger partial charge is 0.480 e. The molecule has 29 heavy (non-hydrogen) atoms. The number of hydrogen-bond donors (Lipinski definition) is 2. The van der Waals surface area contributed by atoms with Crippen LogP contribution >= 0.6 is 11.6 Å². The Hall–Kier alpha value is -2.41. The maximum atomic E-state index is 10.8. The first kappa shape index (κ1) is 21.3. The second-order valence-electron chi connectivity index (χ2n) is 6.97. The predicted octanol–water partition coefficient (Wildman–Crippen LogP) is 4.13. The third kappa shape index (κ3) is 5.56. The molecule has 1 atom stereocenters. The van der Waals surface area contributed by atoms with Crippen molar-refractivity contribution in [3.8, 4) is 11.1 Å². The Bertz CT molecular complexity index is 895. The molecule has 1 unspecified atom stereocenters. The highest BCUT2D eigenvalue weighted by Crippen LogP contribution is 2.41. The highest BCUT2D eigenvalue weighted by molar-refractivity contribution is 6.33. The number of aryl methyl sites for hydroxylation is 1. The van der Waals surface area contributed by atoms with Crippen molar-refractivity contribution in [2.45, 2.75) is 31.8 Å². The smallest absolute Gasteiger partial charge is 0.329 e. The normalized spacial score (nSPS) is 15.3. The predicted molar refractivity (Wildman–Crippen MR) is 108 cm³/mol. The average molecular weight is 419 g/mol. The minimum atomic E-state index is -0.974. The summed E-state index contributed by atoms with van der Waals surface area (Å²) in [6, 6.07) is 11.8. The molecular weight excluding hydrogens is 396 g/mol. The molecule has 1 aliphatic rings. The molecule has 0 saturated heterocycles. The van der Waals surface area contributed by atoms with E-state index in [0.29, 0.717) is 18.1 Å². The molecular formula is C22H23ClO6. The van der Waals surface area contributed by atoms with Gasteiger partial charge in [0.05, 0.1) is 6.10 Å². The molecule has 0 bridgehead atoms. The molecule has 1 aliphatic carbocycles. The van der Waals surface area contributed by atoms with Gasteiger partial charge in [0.2, 0.25) is 0 Å². The minimum Gasteiger partial charge on any atom is -0.480 e. The van der Waals surface area contributed by atoms with E-state index in [1.54, 1.807) is 0 Å². The lowest BCUT2D eigenvalue weighted by Crippen LogP contribution is -2.10. The number of fused-ring (bicyclic) bond motifs is 1. The average Bonchev–Trinajstić information content (AvgIpc) is 3.10. The number of carboxylic acids is 2. The zero-order valence-corrected chi connectivity index (χ0v) is 16.7. The number of ether oxygens (including phenoxy) is 2. The summed E-state index contributed by atoms with van der Waals surface area (Å²) >= 11 is 6.49. The highest BCUT2D eigenvalue weighted by Gasteiger charge is 2.26. The van der Waals surface area contributed by atoms with Crippen molar-refractivity contribution in [2.75, 3.05) is 19.8 Å². The lowest BCUT2D eigenvalue weighted by atomic mass is 9.94. The Labute approximate surface area is 174 Å². The quantitative estimate of drug-likeness (QED) is 0.563. The van der Waals surface area contributed by atoms with Crippen LogP contribution in [-0.2, 0) is 31.9 Å². The second-order valence-corrected chi connectivity index (χ2v) is 7.38. The molecule has 0 spiro atoms. The molecule has 7 heteroatoms. The summed E-state index contributed by atoms with van der Waals surface area (Å²) in [5, 5.41) is 18.1. The maximum absolute atomic E-state index is 10.8. The number of carboxylic acid groups (broad SMARTS) is 2. The van der Waals surface area contributed by atoms with Crippen molar-refractivity contribution in [2.24, 2.45) is 0 Å². The van der Waals surface area contributed by atoms with Gasteiger partial charge >= 0.3 is 11.9 Å². The first-order valence-corrected chi connectivity index (χ1v) is 9.87. The van der Waals surface area contributed by atoms with E-state index in [4.69, 9.17) is 31.3 Å². The molecule has 6 nitrogen and oxygen atoms in total. The van der Waals surface area contributed by atoms with Crippen molar-refractivity contribution in [1.82, 2.24) is 0 Å². The Morgan fingerprint density at radius 2 is 1.86 bits per heavy atom. The number of aliphatic carboxylic acids is 2. The molecule has 0 radical (unpaired) electrons. The zero-order valence-electron chi connectivity index (χ0n) is 15.9. The summed E-state index contributed by atoms with van der Waals surface area (Å²) in [5.41, 5.74) is 5.24. The third-order valence-corrected chi connectivity index (χ3v) is 5.25. The molecule has 154 valence electrons. The monoisotopic (exact) mass is 418 g/mol. The van der Waals surface area contributed by atoms with Gasteiger partial charge in [-0.1, -0.05) is 35.9 Å². The lowest BCUT2D eigenvalue weighted by molar-refractivity contribution is -0.144. The van der Waals surface area contributed by atoms with Gasteiger partial charge < -0.3 is 19.7 Å². The van der Waals surface area contributed by atoms with Gasteiger partial charge in [-0.2, -0.15) is 0 Å². The summed E-state index contributed by atoms with van der Waals surface area (Å²) in [7, 11) is 0. The Morgan fingerprint density at radius 1 is 1.07 bits per heavy atom. The fourth-order valence-corrected chi connectivity index (χ4v) is 3.91. The van der Waals surface area contributed by atoms with Crippen LogP contribution in [0.2, 0.25) is 5.02 Å². The van der Waals surface area contributed by atoms with E-state index in [-0.39, 0.29) is 19.3 Å². The highest BCUT2D eigenvalue weighted by atomic mass is 35.5. The minimum absolute atomic E-state index is 0.214. The Balaban J connectivity index is 1.75. The van der Waals surface area contributed by atoms with Gasteiger partial charge in [0.15, 0.2) is 0 Å². The summed E-state index contributed by atoms with van der Waals surface area (Å²) in [6.45, 7) is -0.213. The van der Waals surface area contributed by atoms with Crippen molar-refractivity contribution in [3.63, 3.8) is 0 Å². The summed E-state index contributed by atoms with van der Waals surface area (Å²) < 4.78 is 10.6. The molecule has 0 amide bonds. The lowest BCUT2D eigenvalue weighted by Gasteiger charge is -2.15. The van der Waals surface area contributed by atoms with E-state index in [0.717, 1.165) is 47.1 Å². The summed E-state index contributed by atoms with van der Waals surface area (Å²) in [4.78, 5) is 21.3. The topological polar surface area (TPSA) is 93.1 Å². The molecule has 2 N–H and O–H groups in total. The Morgan fingerprint density at radius 3 is 2.62 bits per heavy atom. The molecule has 0 saturated carbocycles. The van der Waals surface area contributed by atoms with E-state index < -0.39 is 11.9 Å². The molecule has 0 heterocycles. The van der Waals surface area contributed by atoms with Gasteiger partial charge in [0, 0.05) is 17.2 Å². The van der Waals surface area contributed by atoms with Gasteiger partial charge in [-0.3, -0.25) is 0 Å². The van der Waals surface area contributed by atoms with Gasteiger partial charge in [0.25, 0.3) is 0 Å². The summed E-state index contributed by atoms with van der Waals surface area (Å²) in [5.74, 6) is -1.94. The number of hydrogen-bond acceptors (Lipinski definition) is 4. The van der Waals surface area contributed by atoms with Crippen molar-refractivity contribution in [3.05, 3.63) is 58.1 Å². The molecule has 3 rings (SSSR count). The van der Waals surface area contributed by atoms with E-state index in [9.17, 15) is 9.59 Å². The molecule has 0 aliphatic heterocycles. The first-order valence-electron chi connectivity index (χ1n) is 9.49. The van der Waals surface area contributed by atoms with E-state index in [2.05, 4.69) is 6.07 Å². The van der Waals surface area contributed by atoms with Gasteiger partial charge in [-0.15, -0.1) is 0 Å². The first-order chi connectivity index (χ1) is 14.0. The molecule has 0 fully saturated rings. The third-order valence-electron chi connectivity index (χ3n) is 4.92. The van der Waals surface area contributed by atoms with Gasteiger partial charge in [0.1, 0.15) is 13.2 Å². The number of halogens is 1. The second kappa shape index (κ2) is 9.87. The number of rotatable bonds is 10. The van der Waals surface area contributed by atoms with Crippen LogP contribution in [0.5, 0.6) is 0 Å². The summed E-state index contributed by atoms with van der Waals surface area (Å²) in [6.07, 6.45) is 2.81. The van der Waals surface area contributed by atoms with Crippen LogP contribution in [0.4, 0.5) is 0 Å². The van der Waals surface area contributed by atoms with Crippen molar-refractivity contribution < 1.29 is 29.3 Å². The number of carbonyl (C=O) groups is 2. The molecule has 2 aromatic carbocycles. The van der Waals surface area contributed by atoms with Crippen molar-refractivity contribution in [1.29, 1.82) is 0 Å². The van der Waals surface area contributed by atoms with Crippen LogP contribution in [0.15, 0.2) is 36.4 Å². The van der Waals surface area contributed by atoms with E-state index in [1.807, 2.05) is 30.3 Å².